The molecule has 0 aliphatic heterocycles. The molecule has 3 rings (SSSR count). The van der Waals surface area contributed by atoms with Crippen molar-refractivity contribution in [1.29, 1.82) is 0 Å². The Morgan fingerprint density at radius 2 is 0.897 bits per heavy atom. The third kappa shape index (κ3) is 3.95. The Morgan fingerprint density at radius 3 is 1.28 bits per heavy atom. The van der Waals surface area contributed by atoms with Gasteiger partial charge in [0.25, 0.3) is 0 Å². The second-order valence-electron chi connectivity index (χ2n) is 6.01. The molecule has 29 heavy (non-hydrogen) atoms. The lowest BCUT2D eigenvalue weighted by Crippen LogP contribution is -2.57. The number of benzene rings is 3. The Kier molecular flexibility index (Phi) is 5.87. The summed E-state index contributed by atoms with van der Waals surface area (Å²) in [6, 6.07) is 2.07. The normalized spacial score (nSPS) is 10.9. The monoisotopic (exact) mass is 432 g/mol. The minimum absolute atomic E-state index is 0.264. The van der Waals surface area contributed by atoms with Gasteiger partial charge in [-0.05, 0) is 14.9 Å². The van der Waals surface area contributed by atoms with Gasteiger partial charge in [0.2, 0.25) is 0 Å². The van der Waals surface area contributed by atoms with Gasteiger partial charge in [0.15, 0.2) is 5.82 Å². The first-order valence-corrected chi connectivity index (χ1v) is 9.69. The van der Waals surface area contributed by atoms with E-state index in [4.69, 9.17) is 4.74 Å². The van der Waals surface area contributed by atoms with E-state index in [9.17, 15) is 35.1 Å². The quantitative estimate of drug-likeness (QED) is 0.454. The van der Waals surface area contributed by atoms with E-state index in [1.807, 2.05) is 0 Å². The van der Waals surface area contributed by atoms with E-state index < -0.39 is 79.7 Å². The lowest BCUT2D eigenvalue weighted by molar-refractivity contribution is 0.387. The molecule has 0 unspecified atom stereocenters. The van der Waals surface area contributed by atoms with Gasteiger partial charge in [-0.15, -0.1) is 0 Å². The van der Waals surface area contributed by atoms with Crippen LogP contribution < -0.4 is 18.0 Å². The molecule has 0 spiro atoms. The summed E-state index contributed by atoms with van der Waals surface area (Å²) >= 11 is -4.06. The molecule has 0 aliphatic carbocycles. The Balaban J connectivity index is 2.46. The van der Waals surface area contributed by atoms with Crippen LogP contribution in [0.2, 0.25) is 0 Å². The average Bonchev–Trinajstić information content (AvgIpc) is 2.58. The summed E-state index contributed by atoms with van der Waals surface area (Å²) in [7, 11) is 0.958. The molecule has 0 aromatic heterocycles. The molecular formula is C19H9AlF8O. The molecule has 10 heteroatoms. The van der Waals surface area contributed by atoms with Crippen molar-refractivity contribution in [2.75, 3.05) is 7.11 Å². The summed E-state index contributed by atoms with van der Waals surface area (Å²) in [5.41, 5.74) is 0. The van der Waals surface area contributed by atoms with Gasteiger partial charge >= 0.3 is 14.1 Å². The molecule has 150 valence electrons. The minimum Gasteiger partial charge on any atom is -0.495 e. The maximum Gasteiger partial charge on any atom is 0.408 e. The molecule has 0 radical (unpaired) electrons. The van der Waals surface area contributed by atoms with Crippen LogP contribution in [-0.4, -0.2) is 21.3 Å². The van der Waals surface area contributed by atoms with Gasteiger partial charge in [0.05, 0.1) is 7.11 Å². The Labute approximate surface area is 163 Å². The van der Waals surface area contributed by atoms with Gasteiger partial charge < -0.3 is 4.74 Å². The largest absolute Gasteiger partial charge is 0.495 e. The average molecular weight is 432 g/mol. The fourth-order valence-electron chi connectivity index (χ4n) is 3.12. The first-order valence-electron chi connectivity index (χ1n) is 7.95. The number of methoxy groups -OCH3 is 1. The van der Waals surface area contributed by atoms with Crippen molar-refractivity contribution in [2.45, 2.75) is 0 Å². The third-order valence-electron chi connectivity index (χ3n) is 4.22. The molecule has 3 aromatic rings. The van der Waals surface area contributed by atoms with Gasteiger partial charge in [0, 0.05) is 30.3 Å². The smallest absolute Gasteiger partial charge is 0.408 e. The van der Waals surface area contributed by atoms with E-state index in [1.165, 1.54) is 0 Å². The maximum atomic E-state index is 14.5. The fourth-order valence-corrected chi connectivity index (χ4v) is 6.31. The molecule has 3 aromatic carbocycles. The third-order valence-corrected chi connectivity index (χ3v) is 7.53. The zero-order valence-corrected chi connectivity index (χ0v) is 15.6. The molecule has 0 atom stereocenters. The van der Waals surface area contributed by atoms with Crippen LogP contribution in [0.25, 0.3) is 0 Å². The molecule has 0 heterocycles. The van der Waals surface area contributed by atoms with Crippen LogP contribution in [0, 0.1) is 46.5 Å². The molecule has 0 amide bonds. The van der Waals surface area contributed by atoms with Crippen LogP contribution in [0.3, 0.4) is 0 Å². The summed E-state index contributed by atoms with van der Waals surface area (Å²) in [6.07, 6.45) is 0. The molecular weight excluding hydrogens is 423 g/mol. The molecule has 0 N–H and O–H groups in total. The molecule has 0 bridgehead atoms. The van der Waals surface area contributed by atoms with E-state index in [2.05, 4.69) is 0 Å². The van der Waals surface area contributed by atoms with Crippen LogP contribution in [0.15, 0.2) is 36.4 Å². The van der Waals surface area contributed by atoms with Crippen molar-refractivity contribution in [3.8, 4) is 5.75 Å². The van der Waals surface area contributed by atoms with Crippen molar-refractivity contribution in [1.82, 2.24) is 0 Å². The zero-order chi connectivity index (χ0) is 21.5. The Hall–Kier alpha value is -2.57. The highest BCUT2D eigenvalue weighted by Crippen LogP contribution is 2.19. The Morgan fingerprint density at radius 1 is 0.552 bits per heavy atom. The van der Waals surface area contributed by atoms with E-state index in [1.54, 1.807) is 0 Å². The highest BCUT2D eigenvalue weighted by Gasteiger charge is 2.39. The topological polar surface area (TPSA) is 9.23 Å². The van der Waals surface area contributed by atoms with E-state index >= 15 is 0 Å². The SMILES string of the molecule is COc1c(F)cc(F)c[c]1[Al]([c]1c(F)cc(F)cc1F)[c]1c(F)cc(F)cc1F. The van der Waals surface area contributed by atoms with Crippen molar-refractivity contribution in [2.24, 2.45) is 0 Å². The summed E-state index contributed by atoms with van der Waals surface area (Å²) < 4.78 is 115. The number of hydrogen-bond acceptors (Lipinski definition) is 1. The van der Waals surface area contributed by atoms with Crippen LogP contribution in [0.1, 0.15) is 0 Å². The molecule has 0 saturated heterocycles. The molecule has 0 saturated carbocycles. The van der Waals surface area contributed by atoms with Gasteiger partial charge in [-0.1, -0.05) is 4.43 Å². The minimum atomic E-state index is -4.06. The lowest BCUT2D eigenvalue weighted by atomic mass is 10.3. The van der Waals surface area contributed by atoms with Gasteiger partial charge in [-0.3, -0.25) is 0 Å². The van der Waals surface area contributed by atoms with Crippen molar-refractivity contribution >= 4 is 27.4 Å². The predicted octanol–water partition coefficient (Wildman–Crippen LogP) is 3.32. The molecule has 0 fully saturated rings. The van der Waals surface area contributed by atoms with E-state index in [0.29, 0.717) is 12.1 Å². The predicted molar refractivity (Wildman–Crippen MR) is 90.2 cm³/mol. The second-order valence-corrected chi connectivity index (χ2v) is 8.65. The summed E-state index contributed by atoms with van der Waals surface area (Å²) in [6.45, 7) is 0. The number of hydrogen-bond donors (Lipinski definition) is 0. The lowest BCUT2D eigenvalue weighted by Gasteiger charge is -2.20. The van der Waals surface area contributed by atoms with Gasteiger partial charge in [-0.2, -0.15) is 0 Å². The molecule has 1 nitrogen and oxygen atoms in total. The number of ether oxygens (including phenoxy) is 1. The zero-order valence-electron chi connectivity index (χ0n) is 14.5. The van der Waals surface area contributed by atoms with Crippen LogP contribution >= 0.6 is 0 Å². The molecule has 0 aliphatic rings. The van der Waals surface area contributed by atoms with E-state index in [-0.39, 0.29) is 24.3 Å². The van der Waals surface area contributed by atoms with Crippen LogP contribution in [0.5, 0.6) is 5.75 Å². The van der Waals surface area contributed by atoms with Crippen LogP contribution in [0.4, 0.5) is 35.1 Å². The van der Waals surface area contributed by atoms with Gasteiger partial charge in [0.1, 0.15) is 46.5 Å². The van der Waals surface area contributed by atoms with Crippen molar-refractivity contribution in [3.63, 3.8) is 0 Å². The summed E-state index contributed by atoms with van der Waals surface area (Å²) in [4.78, 5) is 0. The van der Waals surface area contributed by atoms with Crippen molar-refractivity contribution in [3.05, 3.63) is 82.9 Å². The standard InChI is InChI=1S/C7H5F2O.2C6H2F3.Al/c1-10-7-3-2-5(8)4-6(7)9;2*7-4-1-5(8)3-6(9)2-4;/h2,4H,1H3;2*1-2H;. The highest BCUT2D eigenvalue weighted by atomic mass is 27.2. The summed E-state index contributed by atoms with van der Waals surface area (Å²) in [5, 5.41) is 0. The van der Waals surface area contributed by atoms with Gasteiger partial charge in [-0.25, -0.2) is 35.1 Å². The van der Waals surface area contributed by atoms with E-state index in [0.717, 1.165) is 7.11 Å². The highest BCUT2D eigenvalue weighted by molar-refractivity contribution is 6.96. The summed E-state index contributed by atoms with van der Waals surface area (Å²) in [5.74, 6) is -11.9. The Bertz CT molecular complexity index is 998. The first kappa shape index (κ1) is 21.1. The first-order chi connectivity index (χ1) is 13.6. The van der Waals surface area contributed by atoms with Crippen LogP contribution in [-0.2, 0) is 0 Å². The number of rotatable bonds is 4. The van der Waals surface area contributed by atoms with Crippen molar-refractivity contribution < 1.29 is 39.9 Å². The maximum absolute atomic E-state index is 14.5. The fraction of sp³-hybridized carbons (Fsp3) is 0.0526. The second kappa shape index (κ2) is 8.05. The number of halogens is 8.